The summed E-state index contributed by atoms with van der Waals surface area (Å²) in [6.07, 6.45) is -0.985. The SMILES string of the molecule is O=C1O[C@@H]([C@@H](OCc2ccccc2)C(=O)O)C=C1OCc1ccccc1. The number of carbonyl (C=O) groups is 2. The van der Waals surface area contributed by atoms with E-state index in [9.17, 15) is 14.7 Å². The van der Waals surface area contributed by atoms with Crippen molar-refractivity contribution in [1.82, 2.24) is 0 Å². The summed E-state index contributed by atoms with van der Waals surface area (Å²) in [5.41, 5.74) is 1.72. The van der Waals surface area contributed by atoms with Gasteiger partial charge in [-0.05, 0) is 11.1 Å². The number of esters is 1. The summed E-state index contributed by atoms with van der Waals surface area (Å²) in [6.45, 7) is 0.289. The van der Waals surface area contributed by atoms with Gasteiger partial charge in [0.25, 0.3) is 0 Å². The van der Waals surface area contributed by atoms with E-state index in [0.717, 1.165) is 11.1 Å². The molecule has 0 bridgehead atoms. The predicted molar refractivity (Wildman–Crippen MR) is 91.8 cm³/mol. The van der Waals surface area contributed by atoms with Gasteiger partial charge >= 0.3 is 11.9 Å². The lowest BCUT2D eigenvalue weighted by atomic mass is 10.2. The molecule has 6 nitrogen and oxygen atoms in total. The zero-order chi connectivity index (χ0) is 18.4. The van der Waals surface area contributed by atoms with Crippen LogP contribution in [0.4, 0.5) is 0 Å². The number of benzene rings is 2. The fourth-order valence-electron chi connectivity index (χ4n) is 2.49. The first-order valence-corrected chi connectivity index (χ1v) is 8.11. The number of cyclic esters (lactones) is 1. The van der Waals surface area contributed by atoms with Crippen LogP contribution < -0.4 is 0 Å². The summed E-state index contributed by atoms with van der Waals surface area (Å²) >= 11 is 0. The maximum absolute atomic E-state index is 11.9. The molecular weight excluding hydrogens is 336 g/mol. The highest BCUT2D eigenvalue weighted by Crippen LogP contribution is 2.21. The van der Waals surface area contributed by atoms with Gasteiger partial charge in [0.1, 0.15) is 6.61 Å². The van der Waals surface area contributed by atoms with Gasteiger partial charge in [-0.3, -0.25) is 0 Å². The normalized spacial score (nSPS) is 17.3. The Kier molecular flexibility index (Phi) is 5.66. The fourth-order valence-corrected chi connectivity index (χ4v) is 2.49. The lowest BCUT2D eigenvalue weighted by Gasteiger charge is -2.17. The average Bonchev–Trinajstić information content (AvgIpc) is 3.02. The van der Waals surface area contributed by atoms with E-state index in [1.165, 1.54) is 6.08 Å². The Hall–Kier alpha value is -3.12. The molecule has 2 aromatic rings. The lowest BCUT2D eigenvalue weighted by molar-refractivity contribution is -0.164. The third kappa shape index (κ3) is 4.49. The first-order chi connectivity index (χ1) is 12.6. The number of carboxylic acid groups (broad SMARTS) is 1. The van der Waals surface area contributed by atoms with Crippen LogP contribution in [-0.2, 0) is 37.0 Å². The molecule has 1 N–H and O–H groups in total. The van der Waals surface area contributed by atoms with Gasteiger partial charge in [-0.15, -0.1) is 0 Å². The first-order valence-electron chi connectivity index (χ1n) is 8.11. The highest BCUT2D eigenvalue weighted by molar-refractivity contribution is 5.89. The summed E-state index contributed by atoms with van der Waals surface area (Å²) in [5, 5.41) is 9.41. The highest BCUT2D eigenvalue weighted by Gasteiger charge is 2.37. The van der Waals surface area contributed by atoms with Crippen molar-refractivity contribution >= 4 is 11.9 Å². The van der Waals surface area contributed by atoms with Crippen molar-refractivity contribution in [3.05, 3.63) is 83.6 Å². The van der Waals surface area contributed by atoms with Gasteiger partial charge in [0, 0.05) is 6.08 Å². The molecule has 2 atom stereocenters. The van der Waals surface area contributed by atoms with Crippen LogP contribution in [0.2, 0.25) is 0 Å². The van der Waals surface area contributed by atoms with E-state index in [1.807, 2.05) is 60.7 Å². The van der Waals surface area contributed by atoms with E-state index in [0.29, 0.717) is 0 Å². The van der Waals surface area contributed by atoms with Gasteiger partial charge in [-0.25, -0.2) is 9.59 Å². The number of hydrogen-bond acceptors (Lipinski definition) is 5. The molecule has 2 aromatic carbocycles. The van der Waals surface area contributed by atoms with E-state index in [1.54, 1.807) is 0 Å². The largest absolute Gasteiger partial charge is 0.482 e. The Labute approximate surface area is 150 Å². The minimum absolute atomic E-state index is 0.00610. The first kappa shape index (κ1) is 17.7. The van der Waals surface area contributed by atoms with E-state index >= 15 is 0 Å². The minimum Gasteiger partial charge on any atom is -0.482 e. The van der Waals surface area contributed by atoms with E-state index < -0.39 is 24.1 Å². The second-order valence-electron chi connectivity index (χ2n) is 5.73. The molecule has 0 fully saturated rings. The summed E-state index contributed by atoms with van der Waals surface area (Å²) in [6, 6.07) is 18.5. The second kappa shape index (κ2) is 8.31. The lowest BCUT2D eigenvalue weighted by Crippen LogP contribution is -2.36. The Morgan fingerprint density at radius 3 is 2.15 bits per heavy atom. The molecular formula is C20H18O6. The molecule has 1 heterocycles. The van der Waals surface area contributed by atoms with Gasteiger partial charge in [0.15, 0.2) is 12.2 Å². The molecule has 1 aliphatic heterocycles. The van der Waals surface area contributed by atoms with Gasteiger partial charge in [0.2, 0.25) is 5.76 Å². The Bertz CT molecular complexity index is 784. The second-order valence-corrected chi connectivity index (χ2v) is 5.73. The topological polar surface area (TPSA) is 82.1 Å². The van der Waals surface area contributed by atoms with E-state index in [4.69, 9.17) is 14.2 Å². The number of hydrogen-bond donors (Lipinski definition) is 1. The monoisotopic (exact) mass is 354 g/mol. The summed E-state index contributed by atoms with van der Waals surface area (Å²) < 4.78 is 16.0. The smallest absolute Gasteiger partial charge is 0.374 e. The van der Waals surface area contributed by atoms with Gasteiger partial charge in [-0.1, -0.05) is 60.7 Å². The third-order valence-electron chi connectivity index (χ3n) is 3.81. The van der Waals surface area contributed by atoms with Crippen molar-refractivity contribution < 1.29 is 28.9 Å². The number of carbonyl (C=O) groups excluding carboxylic acids is 1. The molecule has 0 spiro atoms. The van der Waals surface area contributed by atoms with Crippen LogP contribution in [0.3, 0.4) is 0 Å². The zero-order valence-corrected chi connectivity index (χ0v) is 13.9. The van der Waals surface area contributed by atoms with Crippen molar-refractivity contribution in [1.29, 1.82) is 0 Å². The van der Waals surface area contributed by atoms with Crippen LogP contribution in [0.25, 0.3) is 0 Å². The molecule has 1 aliphatic rings. The van der Waals surface area contributed by atoms with Gasteiger partial charge < -0.3 is 19.3 Å². The van der Waals surface area contributed by atoms with Crippen LogP contribution in [0.15, 0.2) is 72.5 Å². The van der Waals surface area contributed by atoms with Crippen molar-refractivity contribution in [3.8, 4) is 0 Å². The molecule has 6 heteroatoms. The van der Waals surface area contributed by atoms with Crippen molar-refractivity contribution in [2.45, 2.75) is 25.4 Å². The van der Waals surface area contributed by atoms with E-state index in [2.05, 4.69) is 0 Å². The standard InChI is InChI=1S/C20H18O6/c21-19(22)18(25-13-15-9-5-2-6-10-15)16-11-17(20(23)26-16)24-12-14-7-3-1-4-8-14/h1-11,16,18H,12-13H2,(H,21,22)/t16-,18-/m1/s1. The summed E-state index contributed by atoms with van der Waals surface area (Å²) in [7, 11) is 0. The van der Waals surface area contributed by atoms with Crippen LogP contribution in [-0.4, -0.2) is 29.3 Å². The Morgan fingerprint density at radius 1 is 1.00 bits per heavy atom. The quantitative estimate of drug-likeness (QED) is 0.734. The fraction of sp³-hybridized carbons (Fsp3) is 0.200. The van der Waals surface area contributed by atoms with Crippen molar-refractivity contribution in [2.75, 3.05) is 0 Å². The Balaban J connectivity index is 1.63. The predicted octanol–water partition coefficient (Wildman–Crippen LogP) is 2.68. The molecule has 0 unspecified atom stereocenters. The zero-order valence-electron chi connectivity index (χ0n) is 13.9. The van der Waals surface area contributed by atoms with E-state index in [-0.39, 0.29) is 19.0 Å². The number of rotatable bonds is 8. The molecule has 0 radical (unpaired) electrons. The van der Waals surface area contributed by atoms with Crippen LogP contribution in [0, 0.1) is 0 Å². The maximum atomic E-state index is 11.9. The molecule has 0 aliphatic carbocycles. The molecule has 0 amide bonds. The Morgan fingerprint density at radius 2 is 1.58 bits per heavy atom. The number of carboxylic acids is 1. The average molecular weight is 354 g/mol. The molecule has 0 saturated heterocycles. The van der Waals surface area contributed by atoms with Crippen molar-refractivity contribution in [3.63, 3.8) is 0 Å². The van der Waals surface area contributed by atoms with Gasteiger partial charge in [0.05, 0.1) is 6.61 Å². The molecule has 26 heavy (non-hydrogen) atoms. The maximum Gasteiger partial charge on any atom is 0.374 e. The van der Waals surface area contributed by atoms with Gasteiger partial charge in [-0.2, -0.15) is 0 Å². The van der Waals surface area contributed by atoms with Crippen LogP contribution in [0.1, 0.15) is 11.1 Å². The molecule has 0 aromatic heterocycles. The van der Waals surface area contributed by atoms with Crippen LogP contribution in [0.5, 0.6) is 0 Å². The van der Waals surface area contributed by atoms with Crippen molar-refractivity contribution in [2.24, 2.45) is 0 Å². The summed E-state index contributed by atoms with van der Waals surface area (Å²) in [4.78, 5) is 23.5. The molecule has 134 valence electrons. The summed E-state index contributed by atoms with van der Waals surface area (Å²) in [5.74, 6) is -1.91. The molecule has 0 saturated carbocycles. The number of aliphatic carboxylic acids is 1. The van der Waals surface area contributed by atoms with Crippen LogP contribution >= 0.6 is 0 Å². The highest BCUT2D eigenvalue weighted by atomic mass is 16.6. The third-order valence-corrected chi connectivity index (χ3v) is 3.81. The minimum atomic E-state index is -1.31. The molecule has 3 rings (SSSR count). The number of ether oxygens (including phenoxy) is 3.